The molecule has 1 N–H and O–H groups in total. The number of fused-ring (bicyclic) bond motifs is 3. The molecule has 5 nitrogen and oxygen atoms in total. The molecule has 0 bridgehead atoms. The maximum Gasteiger partial charge on any atom is 0.257 e. The monoisotopic (exact) mass is 334 g/mol. The Labute approximate surface area is 147 Å². The van der Waals surface area contributed by atoms with Gasteiger partial charge in [-0.25, -0.2) is 9.50 Å². The summed E-state index contributed by atoms with van der Waals surface area (Å²) in [6, 6.07) is 9.87. The van der Waals surface area contributed by atoms with E-state index in [4.69, 9.17) is 0 Å². The van der Waals surface area contributed by atoms with Crippen molar-refractivity contribution in [1.82, 2.24) is 19.9 Å². The number of hydrogen-bond acceptors (Lipinski definition) is 3. The van der Waals surface area contributed by atoms with Gasteiger partial charge in [0.2, 0.25) is 0 Å². The van der Waals surface area contributed by atoms with Crippen LogP contribution in [-0.4, -0.2) is 20.5 Å². The van der Waals surface area contributed by atoms with E-state index in [2.05, 4.69) is 22.3 Å². The molecule has 128 valence electrons. The molecule has 25 heavy (non-hydrogen) atoms. The van der Waals surface area contributed by atoms with E-state index in [-0.39, 0.29) is 11.9 Å². The van der Waals surface area contributed by atoms with E-state index in [1.54, 1.807) is 6.20 Å². The molecule has 5 heteroatoms. The minimum absolute atomic E-state index is 0.0675. The van der Waals surface area contributed by atoms with Crippen molar-refractivity contribution in [2.24, 2.45) is 5.92 Å². The predicted molar refractivity (Wildman–Crippen MR) is 96.5 cm³/mol. The molecule has 2 heterocycles. The highest BCUT2D eigenvalue weighted by molar-refractivity contribution is 5.99. The quantitative estimate of drug-likeness (QED) is 0.799. The smallest absolute Gasteiger partial charge is 0.257 e. The van der Waals surface area contributed by atoms with Gasteiger partial charge in [0.1, 0.15) is 5.56 Å². The van der Waals surface area contributed by atoms with Crippen molar-refractivity contribution in [3.63, 3.8) is 0 Å². The molecule has 1 aliphatic rings. The van der Waals surface area contributed by atoms with Gasteiger partial charge >= 0.3 is 0 Å². The molecule has 0 saturated heterocycles. The highest BCUT2D eigenvalue weighted by Gasteiger charge is 2.22. The van der Waals surface area contributed by atoms with Gasteiger partial charge in [-0.05, 0) is 43.2 Å². The molecule has 1 aliphatic carbocycles. The maximum atomic E-state index is 12.7. The summed E-state index contributed by atoms with van der Waals surface area (Å²) in [5, 5.41) is 7.50. The van der Waals surface area contributed by atoms with Crippen molar-refractivity contribution in [2.45, 2.75) is 39.2 Å². The second kappa shape index (κ2) is 6.31. The molecule has 1 aromatic carbocycles. The number of carbonyl (C=O) groups excluding carboxylic acids is 1. The molecule has 0 aliphatic heterocycles. The first-order valence-electron chi connectivity index (χ1n) is 8.84. The minimum Gasteiger partial charge on any atom is -0.345 e. The van der Waals surface area contributed by atoms with Crippen LogP contribution >= 0.6 is 0 Å². The number of benzene rings is 1. The van der Waals surface area contributed by atoms with Crippen LogP contribution in [0.2, 0.25) is 0 Å². The molecule has 0 saturated carbocycles. The van der Waals surface area contributed by atoms with Gasteiger partial charge in [-0.1, -0.05) is 37.3 Å². The Bertz CT molecular complexity index is 916. The van der Waals surface area contributed by atoms with Gasteiger partial charge in [-0.3, -0.25) is 4.79 Å². The second-order valence-corrected chi connectivity index (χ2v) is 6.98. The van der Waals surface area contributed by atoms with Crippen molar-refractivity contribution in [2.75, 3.05) is 0 Å². The predicted octanol–water partition coefficient (Wildman–Crippen LogP) is 3.35. The number of rotatable bonds is 3. The molecule has 2 aromatic heterocycles. The third-order valence-electron chi connectivity index (χ3n) is 5.05. The number of carbonyl (C=O) groups is 1. The fourth-order valence-corrected chi connectivity index (χ4v) is 3.57. The Morgan fingerprint density at radius 3 is 2.88 bits per heavy atom. The fraction of sp³-hybridized carbons (Fsp3) is 0.350. The SMILES string of the molecule is C[C@@H]1CCc2c(cnc3c(C(=O)N[C@@H](C)c4ccccc4)cnn23)C1. The van der Waals surface area contributed by atoms with Gasteiger partial charge in [0.15, 0.2) is 5.65 Å². The molecule has 3 aromatic rings. The van der Waals surface area contributed by atoms with Crippen molar-refractivity contribution in [3.8, 4) is 0 Å². The van der Waals surface area contributed by atoms with E-state index in [0.29, 0.717) is 17.1 Å². The van der Waals surface area contributed by atoms with Gasteiger partial charge in [-0.15, -0.1) is 0 Å². The Morgan fingerprint density at radius 2 is 2.08 bits per heavy atom. The van der Waals surface area contributed by atoms with Gasteiger partial charge in [0.25, 0.3) is 5.91 Å². The normalized spacial score (nSPS) is 17.9. The Balaban J connectivity index is 1.62. The topological polar surface area (TPSA) is 59.3 Å². The fourth-order valence-electron chi connectivity index (χ4n) is 3.57. The molecule has 0 unspecified atom stereocenters. The summed E-state index contributed by atoms with van der Waals surface area (Å²) in [6.07, 6.45) is 6.72. The van der Waals surface area contributed by atoms with Gasteiger partial charge in [0.05, 0.1) is 12.2 Å². The van der Waals surface area contributed by atoms with Crippen molar-refractivity contribution >= 4 is 11.6 Å². The molecule has 4 rings (SSSR count). The lowest BCUT2D eigenvalue weighted by Crippen LogP contribution is -2.26. The van der Waals surface area contributed by atoms with Crippen LogP contribution in [0.3, 0.4) is 0 Å². The van der Waals surface area contributed by atoms with E-state index in [1.807, 2.05) is 48.0 Å². The Morgan fingerprint density at radius 1 is 1.28 bits per heavy atom. The molecule has 0 fully saturated rings. The van der Waals surface area contributed by atoms with Gasteiger partial charge in [-0.2, -0.15) is 5.10 Å². The highest BCUT2D eigenvalue weighted by atomic mass is 16.1. The maximum absolute atomic E-state index is 12.7. The number of nitrogens with one attached hydrogen (secondary N) is 1. The number of aryl methyl sites for hydroxylation is 1. The lowest BCUT2D eigenvalue weighted by Gasteiger charge is -2.21. The molecule has 0 spiro atoms. The lowest BCUT2D eigenvalue weighted by molar-refractivity contribution is 0.0941. The van der Waals surface area contributed by atoms with E-state index in [0.717, 1.165) is 24.8 Å². The first kappa shape index (κ1) is 15.8. The zero-order valence-corrected chi connectivity index (χ0v) is 14.6. The van der Waals surface area contributed by atoms with Crippen molar-refractivity contribution in [3.05, 3.63) is 65.1 Å². The summed E-state index contributed by atoms with van der Waals surface area (Å²) >= 11 is 0. The van der Waals surface area contributed by atoms with E-state index >= 15 is 0 Å². The zero-order valence-electron chi connectivity index (χ0n) is 14.6. The van der Waals surface area contributed by atoms with Crippen LogP contribution in [0.15, 0.2) is 42.7 Å². The van der Waals surface area contributed by atoms with Crippen molar-refractivity contribution < 1.29 is 4.79 Å². The standard InChI is InChI=1S/C20H22N4O/c1-13-8-9-18-16(10-13)11-21-19-17(12-22-24(18)19)20(25)23-14(2)15-6-4-3-5-7-15/h3-7,11-14H,8-10H2,1-2H3,(H,23,25)/t13-,14+/m1/s1. The Kier molecular flexibility index (Phi) is 3.99. The van der Waals surface area contributed by atoms with Crippen LogP contribution < -0.4 is 5.32 Å². The molecule has 0 radical (unpaired) electrons. The van der Waals surface area contributed by atoms with Crippen LogP contribution in [0.1, 0.15) is 53.5 Å². The van der Waals surface area contributed by atoms with Crippen molar-refractivity contribution in [1.29, 1.82) is 0 Å². The third kappa shape index (κ3) is 2.90. The van der Waals surface area contributed by atoms with Crippen LogP contribution in [0.4, 0.5) is 0 Å². The number of nitrogens with zero attached hydrogens (tertiary/aromatic N) is 3. The average molecular weight is 334 g/mol. The van der Waals surface area contributed by atoms with Gasteiger partial charge in [0, 0.05) is 11.9 Å². The number of aromatic nitrogens is 3. The molecule has 1 amide bonds. The van der Waals surface area contributed by atoms with E-state index < -0.39 is 0 Å². The zero-order chi connectivity index (χ0) is 17.4. The van der Waals surface area contributed by atoms with Crippen LogP contribution in [-0.2, 0) is 12.8 Å². The summed E-state index contributed by atoms with van der Waals surface area (Å²) in [5.41, 5.74) is 4.69. The molecule has 2 atom stereocenters. The Hall–Kier alpha value is -2.69. The van der Waals surface area contributed by atoms with Crippen LogP contribution in [0, 0.1) is 5.92 Å². The van der Waals surface area contributed by atoms with Crippen LogP contribution in [0.5, 0.6) is 0 Å². The first-order chi connectivity index (χ1) is 12.1. The summed E-state index contributed by atoms with van der Waals surface area (Å²) in [4.78, 5) is 17.2. The second-order valence-electron chi connectivity index (χ2n) is 6.98. The first-order valence-corrected chi connectivity index (χ1v) is 8.84. The molecular weight excluding hydrogens is 312 g/mol. The molecular formula is C20H22N4O. The van der Waals surface area contributed by atoms with E-state index in [9.17, 15) is 4.79 Å². The summed E-state index contributed by atoms with van der Waals surface area (Å²) in [6.45, 7) is 4.25. The summed E-state index contributed by atoms with van der Waals surface area (Å²) in [7, 11) is 0. The highest BCUT2D eigenvalue weighted by Crippen LogP contribution is 2.26. The number of amides is 1. The third-order valence-corrected chi connectivity index (χ3v) is 5.05. The largest absolute Gasteiger partial charge is 0.345 e. The summed E-state index contributed by atoms with van der Waals surface area (Å²) in [5.74, 6) is 0.541. The average Bonchev–Trinajstić information content (AvgIpc) is 3.06. The lowest BCUT2D eigenvalue weighted by atomic mass is 9.89. The van der Waals surface area contributed by atoms with Gasteiger partial charge < -0.3 is 5.32 Å². The minimum atomic E-state index is -0.136. The number of hydrogen-bond donors (Lipinski definition) is 1. The van der Waals surface area contributed by atoms with E-state index in [1.165, 1.54) is 11.3 Å². The summed E-state index contributed by atoms with van der Waals surface area (Å²) < 4.78 is 1.85. The van der Waals surface area contributed by atoms with Crippen LogP contribution in [0.25, 0.3) is 5.65 Å².